The maximum Gasteiger partial charge on any atom is 0.334 e. The summed E-state index contributed by atoms with van der Waals surface area (Å²) in [6.07, 6.45) is 25.6. The van der Waals surface area contributed by atoms with Crippen LogP contribution in [0.4, 0.5) is 0 Å². The lowest BCUT2D eigenvalue weighted by atomic mass is 9.99. The van der Waals surface area contributed by atoms with Crippen LogP contribution in [0.1, 0.15) is 168 Å². The van der Waals surface area contributed by atoms with E-state index in [1.165, 1.54) is 44.9 Å². The quantitative estimate of drug-likeness (QED) is 0.0703. The molecular formula is C37H66O7. The lowest BCUT2D eigenvalue weighted by molar-refractivity contribution is -0.139. The molecule has 256 valence electrons. The van der Waals surface area contributed by atoms with Crippen LogP contribution in [0.25, 0.3) is 0 Å². The Morgan fingerprint density at radius 2 is 1.11 bits per heavy atom. The number of hydrogen-bond donors (Lipinski definition) is 3. The highest BCUT2D eigenvalue weighted by Crippen LogP contribution is 2.34. The number of hydrogen-bond acceptors (Lipinski definition) is 7. The number of carbonyl (C=O) groups is 1. The van der Waals surface area contributed by atoms with Crippen LogP contribution in [0.2, 0.25) is 0 Å². The largest absolute Gasteiger partial charge is 0.455 e. The summed E-state index contributed by atoms with van der Waals surface area (Å²) >= 11 is 0. The second-order valence-corrected chi connectivity index (χ2v) is 14.0. The predicted molar refractivity (Wildman–Crippen MR) is 175 cm³/mol. The van der Waals surface area contributed by atoms with Gasteiger partial charge >= 0.3 is 5.97 Å². The highest BCUT2D eigenvalue weighted by molar-refractivity contribution is 5.90. The molecule has 0 aromatic carbocycles. The zero-order chi connectivity index (χ0) is 31.6. The number of cyclic esters (lactones) is 1. The minimum atomic E-state index is -0.466. The summed E-state index contributed by atoms with van der Waals surface area (Å²) in [5.74, 6) is -0.152. The smallest absolute Gasteiger partial charge is 0.334 e. The Kier molecular flexibility index (Phi) is 18.5. The topological polar surface area (TPSA) is 105 Å². The number of carbonyl (C=O) groups excluding carboxylic acids is 1. The van der Waals surface area contributed by atoms with Gasteiger partial charge in [-0.2, -0.15) is 0 Å². The fourth-order valence-electron chi connectivity index (χ4n) is 7.27. The van der Waals surface area contributed by atoms with Gasteiger partial charge in [0.1, 0.15) is 6.10 Å². The molecule has 2 saturated heterocycles. The van der Waals surface area contributed by atoms with Crippen molar-refractivity contribution >= 4 is 5.97 Å². The number of rotatable bonds is 25. The lowest BCUT2D eigenvalue weighted by Gasteiger charge is -2.24. The molecule has 0 radical (unpaired) electrons. The SMILES string of the molecule is CCCCCCCCCC[C@@H](O)[C@H]1CC[C@@H]([C@H]2CC[C@H]([C@H](O)CCCC[C@H](O)CCCCCCCC3=C[C@H](C)OC3=O)O2)O1. The van der Waals surface area contributed by atoms with Crippen LogP contribution in [-0.2, 0) is 19.0 Å². The third kappa shape index (κ3) is 14.2. The molecule has 3 heterocycles. The van der Waals surface area contributed by atoms with Crippen LogP contribution in [-0.4, -0.2) is 70.1 Å². The monoisotopic (exact) mass is 622 g/mol. The van der Waals surface area contributed by atoms with Crippen molar-refractivity contribution in [2.24, 2.45) is 0 Å². The lowest BCUT2D eigenvalue weighted by Crippen LogP contribution is -2.33. The van der Waals surface area contributed by atoms with E-state index in [1.54, 1.807) is 0 Å². The molecule has 7 nitrogen and oxygen atoms in total. The van der Waals surface area contributed by atoms with Gasteiger partial charge in [-0.3, -0.25) is 0 Å². The Hall–Kier alpha value is -0.990. The molecule has 0 aliphatic carbocycles. The molecule has 0 aromatic heterocycles. The Bertz CT molecular complexity index is 801. The van der Waals surface area contributed by atoms with Gasteiger partial charge in [0.05, 0.1) is 42.7 Å². The Morgan fingerprint density at radius 1 is 0.659 bits per heavy atom. The van der Waals surface area contributed by atoms with Crippen LogP contribution >= 0.6 is 0 Å². The molecule has 0 aromatic rings. The van der Waals surface area contributed by atoms with Crippen LogP contribution in [0.15, 0.2) is 11.6 Å². The number of aliphatic hydroxyl groups excluding tert-OH is 3. The van der Waals surface area contributed by atoms with Gasteiger partial charge in [-0.05, 0) is 77.2 Å². The summed E-state index contributed by atoms with van der Waals surface area (Å²) in [6, 6.07) is 0. The summed E-state index contributed by atoms with van der Waals surface area (Å²) in [7, 11) is 0. The molecule has 3 aliphatic heterocycles. The van der Waals surface area contributed by atoms with E-state index in [1.807, 2.05) is 13.0 Å². The van der Waals surface area contributed by atoms with Gasteiger partial charge in [0, 0.05) is 5.57 Å². The van der Waals surface area contributed by atoms with Crippen molar-refractivity contribution in [2.45, 2.75) is 217 Å². The molecule has 7 heteroatoms. The average molecular weight is 623 g/mol. The van der Waals surface area contributed by atoms with Gasteiger partial charge < -0.3 is 29.5 Å². The van der Waals surface area contributed by atoms with E-state index >= 15 is 0 Å². The summed E-state index contributed by atoms with van der Waals surface area (Å²) in [4.78, 5) is 11.6. The van der Waals surface area contributed by atoms with Crippen LogP contribution in [0.3, 0.4) is 0 Å². The number of ether oxygens (including phenoxy) is 3. The molecule has 0 amide bonds. The molecule has 0 saturated carbocycles. The summed E-state index contributed by atoms with van der Waals surface area (Å²) in [5, 5.41) is 31.8. The molecule has 3 rings (SSSR count). The van der Waals surface area contributed by atoms with E-state index in [0.29, 0.717) is 6.42 Å². The van der Waals surface area contributed by atoms with E-state index in [9.17, 15) is 20.1 Å². The Labute approximate surface area is 268 Å². The highest BCUT2D eigenvalue weighted by atomic mass is 16.6. The molecule has 2 fully saturated rings. The average Bonchev–Trinajstić information content (AvgIpc) is 3.76. The molecule has 44 heavy (non-hydrogen) atoms. The summed E-state index contributed by atoms with van der Waals surface area (Å²) in [6.45, 7) is 4.14. The first kappa shape index (κ1) is 37.5. The van der Waals surface area contributed by atoms with Crippen molar-refractivity contribution in [1.29, 1.82) is 0 Å². The fraction of sp³-hybridized carbons (Fsp3) is 0.919. The molecule has 0 unspecified atom stereocenters. The molecule has 8 atom stereocenters. The normalized spacial score (nSPS) is 27.4. The van der Waals surface area contributed by atoms with Gasteiger partial charge in [0.25, 0.3) is 0 Å². The minimum Gasteiger partial charge on any atom is -0.455 e. The Balaban J connectivity index is 1.14. The second-order valence-electron chi connectivity index (χ2n) is 14.0. The third-order valence-electron chi connectivity index (χ3n) is 10.1. The van der Waals surface area contributed by atoms with E-state index in [4.69, 9.17) is 14.2 Å². The van der Waals surface area contributed by atoms with E-state index in [2.05, 4.69) is 6.92 Å². The highest BCUT2D eigenvalue weighted by Gasteiger charge is 2.40. The first-order valence-electron chi connectivity index (χ1n) is 18.6. The van der Waals surface area contributed by atoms with E-state index in [-0.39, 0.29) is 48.7 Å². The zero-order valence-corrected chi connectivity index (χ0v) is 28.1. The number of unbranched alkanes of at least 4 members (excludes halogenated alkanes) is 12. The molecular weight excluding hydrogens is 556 g/mol. The van der Waals surface area contributed by atoms with Crippen molar-refractivity contribution in [1.82, 2.24) is 0 Å². The molecule has 0 bridgehead atoms. The third-order valence-corrected chi connectivity index (χ3v) is 10.1. The van der Waals surface area contributed by atoms with Gasteiger partial charge in [-0.25, -0.2) is 4.79 Å². The fourth-order valence-corrected chi connectivity index (χ4v) is 7.27. The first-order chi connectivity index (χ1) is 21.4. The van der Waals surface area contributed by atoms with Gasteiger partial charge in [-0.15, -0.1) is 0 Å². The summed E-state index contributed by atoms with van der Waals surface area (Å²) < 4.78 is 17.7. The molecule has 3 N–H and O–H groups in total. The van der Waals surface area contributed by atoms with Crippen LogP contribution in [0, 0.1) is 0 Å². The summed E-state index contributed by atoms with van der Waals surface area (Å²) in [5.41, 5.74) is 0.828. The maximum absolute atomic E-state index is 11.6. The van der Waals surface area contributed by atoms with Gasteiger partial charge in [0.2, 0.25) is 0 Å². The second kappa shape index (κ2) is 21.7. The van der Waals surface area contributed by atoms with E-state index in [0.717, 1.165) is 108 Å². The van der Waals surface area contributed by atoms with Crippen molar-refractivity contribution in [3.63, 3.8) is 0 Å². The van der Waals surface area contributed by atoms with Crippen molar-refractivity contribution in [2.75, 3.05) is 0 Å². The predicted octanol–water partition coefficient (Wildman–Crippen LogP) is 7.86. The van der Waals surface area contributed by atoms with Crippen LogP contribution in [0.5, 0.6) is 0 Å². The standard InChI is InChI=1S/C37H66O7/c1-3-4-5-6-7-8-12-15-21-31(39)33-23-25-35(43-33)36-26-24-34(44-36)32(40)22-17-16-20-30(38)19-14-11-9-10-13-18-29-27-28(2)42-37(29)41/h27-28,30-36,38-40H,3-26H2,1-2H3/t28-,30+,31+,32+,33+,34+,35-,36+/m0/s1. The van der Waals surface area contributed by atoms with Gasteiger partial charge in [-0.1, -0.05) is 96.8 Å². The van der Waals surface area contributed by atoms with Crippen molar-refractivity contribution < 1.29 is 34.3 Å². The van der Waals surface area contributed by atoms with E-state index < -0.39 is 6.10 Å². The van der Waals surface area contributed by atoms with Gasteiger partial charge in [0.15, 0.2) is 0 Å². The van der Waals surface area contributed by atoms with Crippen molar-refractivity contribution in [3.05, 3.63) is 11.6 Å². The molecule has 3 aliphatic rings. The minimum absolute atomic E-state index is 0.0248. The van der Waals surface area contributed by atoms with Crippen LogP contribution < -0.4 is 0 Å². The Morgan fingerprint density at radius 3 is 1.64 bits per heavy atom. The number of esters is 1. The number of aliphatic hydroxyl groups is 3. The first-order valence-corrected chi connectivity index (χ1v) is 18.6. The zero-order valence-electron chi connectivity index (χ0n) is 28.1. The molecule has 0 spiro atoms. The maximum atomic E-state index is 11.6. The van der Waals surface area contributed by atoms with Crippen molar-refractivity contribution in [3.8, 4) is 0 Å².